The molecule has 0 fully saturated rings. The molecule has 0 aliphatic heterocycles. The number of nitrogens with one attached hydrogen (secondary N) is 1. The average Bonchev–Trinajstić information content (AvgIpc) is 2.66. The van der Waals surface area contributed by atoms with E-state index in [1.165, 1.54) is 0 Å². The van der Waals surface area contributed by atoms with Crippen LogP contribution >= 0.6 is 0 Å². The first kappa shape index (κ1) is 10.6. The van der Waals surface area contributed by atoms with Crippen molar-refractivity contribution in [3.8, 4) is 0 Å². The van der Waals surface area contributed by atoms with Crippen LogP contribution in [0.25, 0.3) is 0 Å². The summed E-state index contributed by atoms with van der Waals surface area (Å²) >= 11 is 0. The molecule has 0 bridgehead atoms. The summed E-state index contributed by atoms with van der Waals surface area (Å²) in [6, 6.07) is 5.11. The van der Waals surface area contributed by atoms with Gasteiger partial charge in [0, 0.05) is 13.2 Å². The Hall–Kier alpha value is -1.91. The summed E-state index contributed by atoms with van der Waals surface area (Å²) < 4.78 is 27.7. The molecule has 0 saturated carbocycles. The minimum Gasteiger partial charge on any atom is -0.377 e. The van der Waals surface area contributed by atoms with Gasteiger partial charge in [-0.15, -0.1) is 0 Å². The highest BCUT2D eigenvalue weighted by Crippen LogP contribution is 2.15. The second-order valence-corrected chi connectivity index (χ2v) is 3.46. The predicted molar refractivity (Wildman–Crippen MR) is 56.9 cm³/mol. The number of rotatable bonds is 3. The third-order valence-electron chi connectivity index (χ3n) is 2.16. The molecule has 0 spiro atoms. The van der Waals surface area contributed by atoms with Crippen LogP contribution in [0.3, 0.4) is 0 Å². The van der Waals surface area contributed by atoms with E-state index < -0.39 is 11.6 Å². The zero-order valence-corrected chi connectivity index (χ0v) is 8.74. The van der Waals surface area contributed by atoms with Crippen LogP contribution in [0.1, 0.15) is 5.69 Å². The van der Waals surface area contributed by atoms with Crippen LogP contribution in [0.15, 0.2) is 30.5 Å². The minimum absolute atomic E-state index is 0.144. The number of anilines is 1. The van der Waals surface area contributed by atoms with E-state index in [0.717, 1.165) is 23.9 Å². The molecule has 2 rings (SSSR count). The molecule has 16 heavy (non-hydrogen) atoms. The summed E-state index contributed by atoms with van der Waals surface area (Å²) in [5, 5.41) is 6.91. The Bertz CT molecular complexity index is 494. The Kier molecular flexibility index (Phi) is 2.85. The average molecular weight is 223 g/mol. The third kappa shape index (κ3) is 2.36. The van der Waals surface area contributed by atoms with Gasteiger partial charge in [-0.3, -0.25) is 4.68 Å². The molecule has 5 heteroatoms. The normalized spacial score (nSPS) is 10.4. The van der Waals surface area contributed by atoms with Gasteiger partial charge < -0.3 is 5.32 Å². The van der Waals surface area contributed by atoms with Crippen LogP contribution in [0.5, 0.6) is 0 Å². The van der Waals surface area contributed by atoms with Crippen LogP contribution in [-0.2, 0) is 13.6 Å². The topological polar surface area (TPSA) is 29.9 Å². The van der Waals surface area contributed by atoms with E-state index in [-0.39, 0.29) is 5.69 Å². The van der Waals surface area contributed by atoms with E-state index >= 15 is 0 Å². The van der Waals surface area contributed by atoms with Gasteiger partial charge in [0.1, 0.15) is 11.6 Å². The summed E-state index contributed by atoms with van der Waals surface area (Å²) in [4.78, 5) is 0. The molecule has 0 unspecified atom stereocenters. The SMILES string of the molecule is Cn1ccc(CNc2cc(F)ccc2F)n1. The van der Waals surface area contributed by atoms with Crippen LogP contribution in [0.4, 0.5) is 14.5 Å². The summed E-state index contributed by atoms with van der Waals surface area (Å²) in [7, 11) is 1.80. The lowest BCUT2D eigenvalue weighted by Gasteiger charge is -2.05. The number of aryl methyl sites for hydroxylation is 1. The van der Waals surface area contributed by atoms with Crippen molar-refractivity contribution in [1.29, 1.82) is 0 Å². The maximum atomic E-state index is 13.2. The first-order chi connectivity index (χ1) is 7.65. The first-order valence-electron chi connectivity index (χ1n) is 4.82. The molecule has 3 nitrogen and oxygen atoms in total. The van der Waals surface area contributed by atoms with Crippen LogP contribution in [0.2, 0.25) is 0 Å². The lowest BCUT2D eigenvalue weighted by atomic mass is 10.3. The molecule has 1 heterocycles. The van der Waals surface area contributed by atoms with E-state index in [0.29, 0.717) is 6.54 Å². The molecule has 1 aromatic heterocycles. The molecule has 1 N–H and O–H groups in total. The molecule has 84 valence electrons. The highest BCUT2D eigenvalue weighted by atomic mass is 19.1. The Labute approximate surface area is 91.7 Å². The molecule has 2 aromatic rings. The van der Waals surface area contributed by atoms with Gasteiger partial charge in [-0.2, -0.15) is 5.10 Å². The zero-order valence-electron chi connectivity index (χ0n) is 8.74. The fourth-order valence-electron chi connectivity index (χ4n) is 1.38. The summed E-state index contributed by atoms with van der Waals surface area (Å²) in [5.41, 5.74) is 0.914. The first-order valence-corrected chi connectivity index (χ1v) is 4.82. The van der Waals surface area contributed by atoms with Crippen molar-refractivity contribution in [1.82, 2.24) is 9.78 Å². The molecule has 0 radical (unpaired) electrons. The lowest BCUT2D eigenvalue weighted by Crippen LogP contribution is -2.03. The number of aromatic nitrogens is 2. The predicted octanol–water partition coefficient (Wildman–Crippen LogP) is 2.31. The number of benzene rings is 1. The molecule has 0 amide bonds. The monoisotopic (exact) mass is 223 g/mol. The van der Waals surface area contributed by atoms with Gasteiger partial charge in [-0.25, -0.2) is 8.78 Å². The number of hydrogen-bond acceptors (Lipinski definition) is 2. The van der Waals surface area contributed by atoms with Gasteiger partial charge in [-0.05, 0) is 24.3 Å². The highest BCUT2D eigenvalue weighted by Gasteiger charge is 2.04. The standard InChI is InChI=1S/C11H11F2N3/c1-16-5-4-9(15-16)7-14-11-6-8(12)2-3-10(11)13/h2-6,14H,7H2,1H3. The van der Waals surface area contributed by atoms with E-state index in [4.69, 9.17) is 0 Å². The Morgan fingerprint density at radius 2 is 2.12 bits per heavy atom. The molecule has 0 aliphatic carbocycles. The maximum absolute atomic E-state index is 13.2. The summed E-state index contributed by atoms with van der Waals surface area (Å²) in [5.74, 6) is -0.942. The molecule has 0 saturated heterocycles. The third-order valence-corrected chi connectivity index (χ3v) is 2.16. The molecular formula is C11H11F2N3. The van der Waals surface area contributed by atoms with Gasteiger partial charge in [-0.1, -0.05) is 0 Å². The van der Waals surface area contributed by atoms with Crippen molar-refractivity contribution in [2.24, 2.45) is 7.05 Å². The largest absolute Gasteiger partial charge is 0.377 e. The van der Waals surface area contributed by atoms with Crippen LogP contribution < -0.4 is 5.32 Å². The summed E-state index contributed by atoms with van der Waals surface area (Å²) in [6.45, 7) is 0.362. The maximum Gasteiger partial charge on any atom is 0.146 e. The van der Waals surface area contributed by atoms with Crippen LogP contribution in [-0.4, -0.2) is 9.78 Å². The van der Waals surface area contributed by atoms with Gasteiger partial charge >= 0.3 is 0 Å². The fraction of sp³-hybridized carbons (Fsp3) is 0.182. The van der Waals surface area contributed by atoms with Gasteiger partial charge in [0.15, 0.2) is 0 Å². The van der Waals surface area contributed by atoms with Gasteiger partial charge in [0.05, 0.1) is 17.9 Å². The fourth-order valence-corrected chi connectivity index (χ4v) is 1.38. The molecular weight excluding hydrogens is 212 g/mol. The van der Waals surface area contributed by atoms with Gasteiger partial charge in [0.25, 0.3) is 0 Å². The van der Waals surface area contributed by atoms with Crippen molar-refractivity contribution >= 4 is 5.69 Å². The van der Waals surface area contributed by atoms with Gasteiger partial charge in [0.2, 0.25) is 0 Å². The molecule has 0 aliphatic rings. The van der Waals surface area contributed by atoms with E-state index in [9.17, 15) is 8.78 Å². The highest BCUT2D eigenvalue weighted by molar-refractivity contribution is 5.44. The van der Waals surface area contributed by atoms with Crippen molar-refractivity contribution in [2.45, 2.75) is 6.54 Å². The van der Waals surface area contributed by atoms with Crippen molar-refractivity contribution < 1.29 is 8.78 Å². The number of hydrogen-bond donors (Lipinski definition) is 1. The smallest absolute Gasteiger partial charge is 0.146 e. The quantitative estimate of drug-likeness (QED) is 0.865. The minimum atomic E-state index is -0.475. The zero-order chi connectivity index (χ0) is 11.5. The number of halogens is 2. The Morgan fingerprint density at radius 3 is 2.81 bits per heavy atom. The Balaban J connectivity index is 2.07. The van der Waals surface area contributed by atoms with Crippen molar-refractivity contribution in [3.05, 3.63) is 47.8 Å². The second kappa shape index (κ2) is 4.30. The van der Waals surface area contributed by atoms with Crippen LogP contribution in [0, 0.1) is 11.6 Å². The van der Waals surface area contributed by atoms with E-state index in [2.05, 4.69) is 10.4 Å². The number of nitrogens with zero attached hydrogens (tertiary/aromatic N) is 2. The summed E-state index contributed by atoms with van der Waals surface area (Å²) in [6.07, 6.45) is 1.79. The van der Waals surface area contributed by atoms with E-state index in [1.807, 2.05) is 6.07 Å². The Morgan fingerprint density at radius 1 is 1.31 bits per heavy atom. The molecule has 1 aromatic carbocycles. The second-order valence-electron chi connectivity index (χ2n) is 3.46. The van der Waals surface area contributed by atoms with E-state index in [1.54, 1.807) is 17.9 Å². The lowest BCUT2D eigenvalue weighted by molar-refractivity contribution is 0.602. The van der Waals surface area contributed by atoms with Crippen molar-refractivity contribution in [3.63, 3.8) is 0 Å². The molecule has 0 atom stereocenters. The van der Waals surface area contributed by atoms with Crippen molar-refractivity contribution in [2.75, 3.05) is 5.32 Å².